The summed E-state index contributed by atoms with van der Waals surface area (Å²) in [5.74, 6) is -0.246. The number of unbranched alkanes of at least 4 members (excludes halogenated alkanes) is 1. The highest BCUT2D eigenvalue weighted by Crippen LogP contribution is 2.34. The molecule has 0 N–H and O–H groups in total. The molecule has 0 spiro atoms. The average molecular weight is 541 g/mol. The molecule has 4 rings (SSSR count). The Morgan fingerprint density at radius 1 is 0.605 bits per heavy atom. The normalized spacial score (nSPS) is 17.6. The van der Waals surface area contributed by atoms with Gasteiger partial charge in [-0.2, -0.15) is 0 Å². The van der Waals surface area contributed by atoms with Crippen molar-refractivity contribution in [2.24, 2.45) is 11.8 Å². The topological polar surface area (TPSA) is 0 Å². The van der Waals surface area contributed by atoms with E-state index in [1.54, 1.807) is 6.07 Å². The van der Waals surface area contributed by atoms with Crippen molar-refractivity contribution in [2.45, 2.75) is 90.4 Å². The Morgan fingerprint density at radius 3 is 1.66 bits per heavy atom. The Labute approximate surface area is 231 Å². The Morgan fingerprint density at radius 2 is 1.11 bits per heavy atom. The van der Waals surface area contributed by atoms with Crippen LogP contribution in [0.3, 0.4) is 0 Å². The Hall–Kier alpha value is -2.26. The van der Waals surface area contributed by atoms with Gasteiger partial charge in [-0.25, -0.2) is 13.2 Å². The van der Waals surface area contributed by atoms with Crippen LogP contribution in [0.1, 0.15) is 86.1 Å². The molecule has 0 nitrogen and oxygen atoms in total. The summed E-state index contributed by atoms with van der Waals surface area (Å²) >= 11 is 5.55. The van der Waals surface area contributed by atoms with E-state index in [1.165, 1.54) is 81.0 Å². The van der Waals surface area contributed by atoms with Gasteiger partial charge in [-0.3, -0.25) is 0 Å². The molecule has 38 heavy (non-hydrogen) atoms. The fourth-order valence-electron chi connectivity index (χ4n) is 5.78. The molecule has 0 saturated heterocycles. The molecular weight excluding hydrogens is 501 g/mol. The SMILES string of the molecule is CCCCc1ccc(CC[C@H]2CC[C@H](CCc3ccc(CCc4cc(F)c(Cl)c(F)c4)c(F)c3)CC2)cc1. The van der Waals surface area contributed by atoms with Crippen molar-refractivity contribution in [1.82, 2.24) is 0 Å². The summed E-state index contributed by atoms with van der Waals surface area (Å²) in [6.45, 7) is 2.24. The maximum Gasteiger partial charge on any atom is 0.145 e. The second kappa shape index (κ2) is 14.2. The van der Waals surface area contributed by atoms with Crippen molar-refractivity contribution >= 4 is 11.6 Å². The summed E-state index contributed by atoms with van der Waals surface area (Å²) in [5, 5.41) is -0.499. The smallest absolute Gasteiger partial charge is 0.145 e. The fraction of sp³-hybridized carbons (Fsp3) is 0.471. The van der Waals surface area contributed by atoms with Gasteiger partial charge in [0.2, 0.25) is 0 Å². The third kappa shape index (κ3) is 8.37. The Balaban J connectivity index is 1.17. The Kier molecular flexibility index (Phi) is 10.8. The van der Waals surface area contributed by atoms with E-state index in [4.69, 9.17) is 11.6 Å². The molecule has 0 unspecified atom stereocenters. The number of hydrogen-bond acceptors (Lipinski definition) is 0. The van der Waals surface area contributed by atoms with Gasteiger partial charge in [0, 0.05) is 0 Å². The molecule has 0 radical (unpaired) electrons. The van der Waals surface area contributed by atoms with Crippen LogP contribution in [-0.2, 0) is 32.1 Å². The number of benzene rings is 3. The van der Waals surface area contributed by atoms with Crippen molar-refractivity contribution in [3.8, 4) is 0 Å². The van der Waals surface area contributed by atoms with E-state index in [-0.39, 0.29) is 5.82 Å². The third-order valence-electron chi connectivity index (χ3n) is 8.33. The first-order chi connectivity index (χ1) is 18.4. The van der Waals surface area contributed by atoms with Crippen LogP contribution in [-0.4, -0.2) is 0 Å². The lowest BCUT2D eigenvalue weighted by Gasteiger charge is -2.28. The van der Waals surface area contributed by atoms with Crippen molar-refractivity contribution in [3.05, 3.63) is 105 Å². The molecule has 1 saturated carbocycles. The highest BCUT2D eigenvalue weighted by atomic mass is 35.5. The van der Waals surface area contributed by atoms with Gasteiger partial charge in [0.25, 0.3) is 0 Å². The zero-order valence-electron chi connectivity index (χ0n) is 22.6. The lowest BCUT2D eigenvalue weighted by Crippen LogP contribution is -2.16. The van der Waals surface area contributed by atoms with Gasteiger partial charge >= 0.3 is 0 Å². The predicted octanol–water partition coefficient (Wildman–Crippen LogP) is 10.3. The first-order valence-electron chi connectivity index (χ1n) is 14.4. The molecule has 4 heteroatoms. The van der Waals surface area contributed by atoms with E-state index in [0.29, 0.717) is 24.0 Å². The van der Waals surface area contributed by atoms with Crippen LogP contribution < -0.4 is 0 Å². The number of rotatable bonds is 12. The minimum Gasteiger partial charge on any atom is -0.207 e. The molecule has 3 aromatic carbocycles. The molecular formula is C34H40ClF3. The van der Waals surface area contributed by atoms with Crippen LogP contribution in [0, 0.1) is 29.3 Å². The summed E-state index contributed by atoms with van der Waals surface area (Å²) in [6, 6.07) is 17.1. The monoisotopic (exact) mass is 540 g/mol. The van der Waals surface area contributed by atoms with Crippen molar-refractivity contribution in [1.29, 1.82) is 0 Å². The summed E-state index contributed by atoms with van der Waals surface area (Å²) in [7, 11) is 0. The van der Waals surface area contributed by atoms with E-state index < -0.39 is 16.7 Å². The van der Waals surface area contributed by atoms with Crippen molar-refractivity contribution in [2.75, 3.05) is 0 Å². The first-order valence-corrected chi connectivity index (χ1v) is 14.8. The molecule has 0 aliphatic heterocycles. The molecule has 0 atom stereocenters. The minimum absolute atomic E-state index is 0.237. The lowest BCUT2D eigenvalue weighted by atomic mass is 9.77. The second-order valence-corrected chi connectivity index (χ2v) is 11.6. The van der Waals surface area contributed by atoms with E-state index >= 15 is 0 Å². The van der Waals surface area contributed by atoms with Gasteiger partial charge in [0.1, 0.15) is 22.5 Å². The van der Waals surface area contributed by atoms with Crippen molar-refractivity contribution < 1.29 is 13.2 Å². The summed E-state index contributed by atoms with van der Waals surface area (Å²) in [6.07, 6.45) is 14.1. The van der Waals surface area contributed by atoms with Crippen LogP contribution in [0.25, 0.3) is 0 Å². The highest BCUT2D eigenvalue weighted by molar-refractivity contribution is 6.30. The number of hydrogen-bond donors (Lipinski definition) is 0. The summed E-state index contributed by atoms with van der Waals surface area (Å²) in [4.78, 5) is 0. The predicted molar refractivity (Wildman–Crippen MR) is 152 cm³/mol. The maximum atomic E-state index is 14.7. The van der Waals surface area contributed by atoms with Gasteiger partial charge in [-0.1, -0.05) is 87.0 Å². The van der Waals surface area contributed by atoms with Gasteiger partial charge in [0.05, 0.1) is 0 Å². The zero-order chi connectivity index (χ0) is 26.9. The molecule has 1 aliphatic carbocycles. The standard InChI is InChI=1S/C34H40ClF3/c1-2-3-4-24-5-7-25(8-6-24)9-10-26-11-13-27(14-12-26)15-16-28-17-19-30(31(36)21-28)20-18-29-22-32(37)34(35)33(38)23-29/h5-8,17,19,21-23,26-27H,2-4,9-16,18,20H2,1H3/t26-,27-. The highest BCUT2D eigenvalue weighted by Gasteiger charge is 2.21. The molecule has 0 heterocycles. The van der Waals surface area contributed by atoms with Crippen molar-refractivity contribution in [3.63, 3.8) is 0 Å². The molecule has 3 aromatic rings. The molecule has 0 amide bonds. The van der Waals surface area contributed by atoms with E-state index in [9.17, 15) is 13.2 Å². The minimum atomic E-state index is -0.779. The molecule has 1 aliphatic rings. The van der Waals surface area contributed by atoms with Gasteiger partial charge < -0.3 is 0 Å². The fourth-order valence-corrected chi connectivity index (χ4v) is 5.89. The molecule has 204 valence electrons. The molecule has 0 aromatic heterocycles. The largest absolute Gasteiger partial charge is 0.207 e. The van der Waals surface area contributed by atoms with Crippen LogP contribution >= 0.6 is 11.6 Å². The van der Waals surface area contributed by atoms with Crippen LogP contribution in [0.2, 0.25) is 5.02 Å². The summed E-state index contributed by atoms with van der Waals surface area (Å²) < 4.78 is 42.1. The number of aryl methyl sites for hydroxylation is 5. The Bertz CT molecular complexity index is 1140. The summed E-state index contributed by atoms with van der Waals surface area (Å²) in [5.41, 5.74) is 4.99. The van der Waals surface area contributed by atoms with Gasteiger partial charge in [-0.15, -0.1) is 0 Å². The van der Waals surface area contributed by atoms with E-state index in [2.05, 4.69) is 31.2 Å². The first kappa shape index (κ1) is 28.7. The number of halogens is 4. The lowest BCUT2D eigenvalue weighted by molar-refractivity contribution is 0.253. The zero-order valence-corrected chi connectivity index (χ0v) is 23.3. The van der Waals surface area contributed by atoms with Crippen LogP contribution in [0.4, 0.5) is 13.2 Å². The molecule has 0 bridgehead atoms. The van der Waals surface area contributed by atoms with E-state index in [0.717, 1.165) is 30.2 Å². The van der Waals surface area contributed by atoms with Crippen LogP contribution in [0.15, 0.2) is 54.6 Å². The maximum absolute atomic E-state index is 14.7. The van der Waals surface area contributed by atoms with Crippen LogP contribution in [0.5, 0.6) is 0 Å². The van der Waals surface area contributed by atoms with Gasteiger partial charge in [-0.05, 0) is 109 Å². The quantitative estimate of drug-likeness (QED) is 0.200. The average Bonchev–Trinajstić information content (AvgIpc) is 2.93. The second-order valence-electron chi connectivity index (χ2n) is 11.2. The van der Waals surface area contributed by atoms with Gasteiger partial charge in [0.15, 0.2) is 0 Å². The third-order valence-corrected chi connectivity index (χ3v) is 8.70. The van der Waals surface area contributed by atoms with E-state index in [1.807, 2.05) is 12.1 Å². The molecule has 1 fully saturated rings.